The van der Waals surface area contributed by atoms with Gasteiger partial charge in [-0.05, 0) is 37.1 Å². The summed E-state index contributed by atoms with van der Waals surface area (Å²) in [4.78, 5) is 11.3. The summed E-state index contributed by atoms with van der Waals surface area (Å²) in [5.74, 6) is -0.855. The topological polar surface area (TPSA) is 83.9 Å². The molecule has 0 radical (unpaired) electrons. The van der Waals surface area contributed by atoms with Crippen LogP contribution in [0, 0.1) is 5.92 Å². The number of benzene rings is 1. The van der Waals surface area contributed by atoms with Gasteiger partial charge in [0.15, 0.2) is 0 Å². The highest BCUT2D eigenvalue weighted by Crippen LogP contribution is 2.33. The van der Waals surface area contributed by atoms with Crippen molar-refractivity contribution in [3.8, 4) is 5.75 Å². The maximum Gasteiger partial charge on any atom is 0.308 e. The lowest BCUT2D eigenvalue weighted by atomic mass is 10.0. The molecule has 2 heterocycles. The Bertz CT molecular complexity index is 685. The lowest BCUT2D eigenvalue weighted by Crippen LogP contribution is -2.37. The van der Waals surface area contributed by atoms with Gasteiger partial charge in [0.1, 0.15) is 5.75 Å². The molecule has 2 unspecified atom stereocenters. The quantitative estimate of drug-likeness (QED) is 0.904. The molecule has 0 bridgehead atoms. The predicted octanol–water partition coefficient (Wildman–Crippen LogP) is 1.11. The molecule has 0 aromatic heterocycles. The number of rotatable bonds is 3. The van der Waals surface area contributed by atoms with Crippen LogP contribution in [0.25, 0.3) is 0 Å². The molecule has 1 saturated heterocycles. The lowest BCUT2D eigenvalue weighted by Gasteiger charge is -2.23. The number of carbonyl (C=O) groups is 1. The highest BCUT2D eigenvalue weighted by atomic mass is 32.2. The van der Waals surface area contributed by atoms with Gasteiger partial charge in [-0.1, -0.05) is 0 Å². The fraction of sp³-hybridized carbons (Fsp3) is 0.500. The zero-order chi connectivity index (χ0) is 15.2. The van der Waals surface area contributed by atoms with Gasteiger partial charge in [0.25, 0.3) is 0 Å². The molecule has 6 nitrogen and oxygen atoms in total. The standard InChI is InChI=1S/C14H17NO5S/c1-9-12(14(16)17)4-6-15(9)21(18,19)11-2-3-13-10(8-11)5-7-20-13/h2-3,8-9,12H,4-7H2,1H3,(H,16,17). The van der Waals surface area contributed by atoms with Crippen LogP contribution in [0.15, 0.2) is 23.1 Å². The molecule has 2 aliphatic heterocycles. The Labute approximate surface area is 123 Å². The van der Waals surface area contributed by atoms with Crippen LogP contribution in [0.2, 0.25) is 0 Å². The van der Waals surface area contributed by atoms with E-state index in [9.17, 15) is 13.2 Å². The minimum absolute atomic E-state index is 0.213. The number of ether oxygens (including phenoxy) is 1. The maximum absolute atomic E-state index is 12.7. The summed E-state index contributed by atoms with van der Waals surface area (Å²) in [5, 5.41) is 9.13. The average molecular weight is 311 g/mol. The molecular formula is C14H17NO5S. The third-order valence-electron chi connectivity index (χ3n) is 4.28. The molecule has 0 aliphatic carbocycles. The molecule has 2 atom stereocenters. The van der Waals surface area contributed by atoms with Gasteiger partial charge in [-0.2, -0.15) is 4.31 Å². The lowest BCUT2D eigenvalue weighted by molar-refractivity contribution is -0.142. The van der Waals surface area contributed by atoms with Crippen LogP contribution in [0.3, 0.4) is 0 Å². The number of hydrogen-bond acceptors (Lipinski definition) is 4. The minimum atomic E-state index is -3.66. The molecule has 0 amide bonds. The van der Waals surface area contributed by atoms with E-state index in [4.69, 9.17) is 9.84 Å². The first-order chi connectivity index (χ1) is 9.91. The van der Waals surface area contributed by atoms with Crippen molar-refractivity contribution >= 4 is 16.0 Å². The summed E-state index contributed by atoms with van der Waals surface area (Å²) >= 11 is 0. The molecule has 2 aliphatic rings. The van der Waals surface area contributed by atoms with Crippen molar-refractivity contribution in [2.45, 2.75) is 30.7 Å². The number of sulfonamides is 1. The van der Waals surface area contributed by atoms with Gasteiger partial charge in [-0.25, -0.2) is 8.42 Å². The normalized spacial score (nSPS) is 25.6. The molecule has 3 rings (SSSR count). The Kier molecular flexibility index (Phi) is 3.41. The zero-order valence-electron chi connectivity index (χ0n) is 11.7. The van der Waals surface area contributed by atoms with E-state index < -0.39 is 28.0 Å². The SMILES string of the molecule is CC1C(C(=O)O)CCN1S(=O)(=O)c1ccc2c(c1)CCO2. The highest BCUT2D eigenvalue weighted by molar-refractivity contribution is 7.89. The molecular weight excluding hydrogens is 294 g/mol. The molecule has 114 valence electrons. The van der Waals surface area contributed by atoms with Crippen LogP contribution in [0.5, 0.6) is 5.75 Å². The van der Waals surface area contributed by atoms with E-state index in [1.54, 1.807) is 19.1 Å². The van der Waals surface area contributed by atoms with Crippen molar-refractivity contribution in [1.82, 2.24) is 4.31 Å². The zero-order valence-corrected chi connectivity index (χ0v) is 12.5. The fourth-order valence-electron chi connectivity index (χ4n) is 3.04. The van der Waals surface area contributed by atoms with Crippen LogP contribution < -0.4 is 4.74 Å². The summed E-state index contributed by atoms with van der Waals surface area (Å²) in [6.45, 7) is 2.47. The van der Waals surface area contributed by atoms with Gasteiger partial charge >= 0.3 is 5.97 Å². The predicted molar refractivity (Wildman–Crippen MR) is 74.7 cm³/mol. The van der Waals surface area contributed by atoms with Gasteiger partial charge in [0.2, 0.25) is 10.0 Å². The summed E-state index contributed by atoms with van der Waals surface area (Å²) < 4.78 is 32.1. The molecule has 7 heteroatoms. The van der Waals surface area contributed by atoms with Crippen LogP contribution in [0.1, 0.15) is 18.9 Å². The maximum atomic E-state index is 12.7. The number of aliphatic carboxylic acids is 1. The summed E-state index contributed by atoms with van der Waals surface area (Å²) in [7, 11) is -3.66. The van der Waals surface area contributed by atoms with E-state index in [-0.39, 0.29) is 11.4 Å². The van der Waals surface area contributed by atoms with Crippen molar-refractivity contribution in [1.29, 1.82) is 0 Å². The van der Waals surface area contributed by atoms with E-state index in [2.05, 4.69) is 0 Å². The van der Waals surface area contributed by atoms with Crippen LogP contribution >= 0.6 is 0 Å². The van der Waals surface area contributed by atoms with E-state index in [0.29, 0.717) is 19.4 Å². The van der Waals surface area contributed by atoms with Crippen molar-refractivity contribution in [3.63, 3.8) is 0 Å². The summed E-state index contributed by atoms with van der Waals surface area (Å²) in [6.07, 6.45) is 1.05. The second-order valence-electron chi connectivity index (χ2n) is 5.46. The largest absolute Gasteiger partial charge is 0.493 e. The Morgan fingerprint density at radius 2 is 2.19 bits per heavy atom. The minimum Gasteiger partial charge on any atom is -0.493 e. The van der Waals surface area contributed by atoms with Gasteiger partial charge in [0, 0.05) is 19.0 Å². The molecule has 0 spiro atoms. The van der Waals surface area contributed by atoms with Gasteiger partial charge in [-0.3, -0.25) is 4.79 Å². The van der Waals surface area contributed by atoms with Crippen molar-refractivity contribution in [2.24, 2.45) is 5.92 Å². The number of hydrogen-bond donors (Lipinski definition) is 1. The first-order valence-corrected chi connectivity index (χ1v) is 8.35. The second-order valence-corrected chi connectivity index (χ2v) is 7.35. The smallest absolute Gasteiger partial charge is 0.308 e. The van der Waals surface area contributed by atoms with E-state index in [1.165, 1.54) is 10.4 Å². The number of fused-ring (bicyclic) bond motifs is 1. The van der Waals surface area contributed by atoms with E-state index in [0.717, 1.165) is 11.3 Å². The van der Waals surface area contributed by atoms with Crippen molar-refractivity contribution in [2.75, 3.05) is 13.2 Å². The molecule has 1 aromatic carbocycles. The molecule has 1 fully saturated rings. The Balaban J connectivity index is 1.93. The second kappa shape index (κ2) is 4.99. The Morgan fingerprint density at radius 1 is 1.43 bits per heavy atom. The molecule has 1 N–H and O–H groups in total. The highest BCUT2D eigenvalue weighted by Gasteiger charge is 2.42. The number of nitrogens with zero attached hydrogens (tertiary/aromatic N) is 1. The van der Waals surface area contributed by atoms with Crippen molar-refractivity contribution in [3.05, 3.63) is 23.8 Å². The summed E-state index contributed by atoms with van der Waals surface area (Å²) in [6, 6.07) is 4.31. The van der Waals surface area contributed by atoms with Crippen LogP contribution in [0.4, 0.5) is 0 Å². The van der Waals surface area contributed by atoms with Gasteiger partial charge in [0.05, 0.1) is 17.4 Å². The van der Waals surface area contributed by atoms with Gasteiger partial charge < -0.3 is 9.84 Å². The van der Waals surface area contributed by atoms with Crippen molar-refractivity contribution < 1.29 is 23.1 Å². The van der Waals surface area contributed by atoms with Gasteiger partial charge in [-0.15, -0.1) is 0 Å². The van der Waals surface area contributed by atoms with Crippen LogP contribution in [-0.2, 0) is 21.2 Å². The summed E-state index contributed by atoms with van der Waals surface area (Å²) in [5.41, 5.74) is 0.887. The first kappa shape index (κ1) is 14.3. The molecule has 21 heavy (non-hydrogen) atoms. The first-order valence-electron chi connectivity index (χ1n) is 6.91. The number of carboxylic acids is 1. The Morgan fingerprint density at radius 3 is 2.86 bits per heavy atom. The molecule has 0 saturated carbocycles. The number of carboxylic acid groups (broad SMARTS) is 1. The third-order valence-corrected chi connectivity index (χ3v) is 6.26. The van der Waals surface area contributed by atoms with E-state index in [1.807, 2.05) is 0 Å². The Hall–Kier alpha value is -1.60. The molecule has 1 aromatic rings. The monoisotopic (exact) mass is 311 g/mol. The fourth-order valence-corrected chi connectivity index (χ4v) is 4.77. The van der Waals surface area contributed by atoms with E-state index >= 15 is 0 Å². The third kappa shape index (κ3) is 2.30. The van der Waals surface area contributed by atoms with Crippen LogP contribution in [-0.4, -0.2) is 43.0 Å². The average Bonchev–Trinajstić information content (AvgIpc) is 3.03.